The van der Waals surface area contributed by atoms with Crippen LogP contribution in [0.5, 0.6) is 17.2 Å². The molecule has 0 aromatic heterocycles. The summed E-state index contributed by atoms with van der Waals surface area (Å²) in [5.74, 6) is 2.63. The van der Waals surface area contributed by atoms with Gasteiger partial charge in [-0.1, -0.05) is 0 Å². The monoisotopic (exact) mass is 704 g/mol. The van der Waals surface area contributed by atoms with Crippen LogP contribution in [0.4, 0.5) is 13.2 Å². The topological polar surface area (TPSA) is 84.9 Å². The van der Waals surface area contributed by atoms with E-state index >= 15 is 0 Å². The third kappa shape index (κ3) is 12.7. The molecule has 4 rings (SSSR count). The molecule has 0 heterocycles. The van der Waals surface area contributed by atoms with E-state index in [1.165, 1.54) is 14.7 Å². The molecule has 6 nitrogen and oxygen atoms in total. The molecule has 11 heteroatoms. The van der Waals surface area contributed by atoms with Gasteiger partial charge in [0.05, 0.1) is 21.4 Å². The number of rotatable bonds is 7. The average Bonchev–Trinajstić information content (AvgIpc) is 2.93. The van der Waals surface area contributed by atoms with Crippen molar-refractivity contribution in [3.8, 4) is 17.2 Å². The minimum Gasteiger partial charge on any atom is -0.744 e. The van der Waals surface area contributed by atoms with Gasteiger partial charge in [0, 0.05) is 0 Å². The normalized spacial score (nSPS) is 12.6. The molecule has 0 saturated heterocycles. The predicted octanol–water partition coefficient (Wildman–Crippen LogP) is 9.92. The maximum atomic E-state index is 12.0. The maximum Gasteiger partial charge on any atom is 0.416 e. The fraction of sp³-hybridized carbons (Fsp3) is 0.351. The van der Waals surface area contributed by atoms with Crippen molar-refractivity contribution in [3.05, 3.63) is 103 Å². The minimum atomic E-state index is -4.68. The van der Waals surface area contributed by atoms with Gasteiger partial charge in [0.25, 0.3) is 0 Å². The van der Waals surface area contributed by atoms with Gasteiger partial charge in [-0.3, -0.25) is 0 Å². The number of alkyl halides is 3. The molecule has 0 amide bonds. The zero-order valence-electron chi connectivity index (χ0n) is 28.6. The van der Waals surface area contributed by atoms with Gasteiger partial charge in [-0.25, -0.2) is 8.42 Å². The zero-order valence-corrected chi connectivity index (χ0v) is 30.3. The summed E-state index contributed by atoms with van der Waals surface area (Å²) >= 11 is 0. The number of hydrogen-bond donors (Lipinski definition) is 0. The first-order valence-electron chi connectivity index (χ1n) is 15.1. The molecule has 0 aliphatic carbocycles. The molecule has 0 aliphatic rings. The molecule has 0 radical (unpaired) electrons. The van der Waals surface area contributed by atoms with Crippen molar-refractivity contribution in [2.24, 2.45) is 0 Å². The number of hydrogen-bond acceptors (Lipinski definition) is 6. The van der Waals surface area contributed by atoms with Crippen LogP contribution >= 0.6 is 0 Å². The highest BCUT2D eigenvalue weighted by atomic mass is 32.2. The van der Waals surface area contributed by atoms with Crippen LogP contribution in [0.1, 0.15) is 67.9 Å². The Morgan fingerprint density at radius 1 is 0.500 bits per heavy atom. The molecular formula is C37H43F3O6S2. The zero-order chi connectivity index (χ0) is 36.1. The molecule has 0 N–H and O–H groups in total. The van der Waals surface area contributed by atoms with Crippen LogP contribution in [0, 0.1) is 0 Å². The second kappa shape index (κ2) is 14.8. The van der Waals surface area contributed by atoms with Gasteiger partial charge < -0.3 is 18.8 Å². The molecule has 260 valence electrons. The summed E-state index contributed by atoms with van der Waals surface area (Å²) < 4.78 is 85.2. The molecule has 4 aromatic carbocycles. The van der Waals surface area contributed by atoms with Gasteiger partial charge in [0.1, 0.15) is 44.2 Å². The highest BCUT2D eigenvalue weighted by molar-refractivity contribution is 7.97. The van der Waals surface area contributed by atoms with E-state index in [0.717, 1.165) is 17.2 Å². The first kappa shape index (κ1) is 38.8. The van der Waals surface area contributed by atoms with Gasteiger partial charge in [-0.05, 0) is 159 Å². The van der Waals surface area contributed by atoms with Crippen molar-refractivity contribution in [1.29, 1.82) is 0 Å². The van der Waals surface area contributed by atoms with Gasteiger partial charge in [0.15, 0.2) is 14.7 Å². The molecule has 0 aliphatic heterocycles. The second-order valence-corrected chi connectivity index (χ2v) is 17.2. The Balaban J connectivity index is 0.000000373. The third-order valence-corrected chi connectivity index (χ3v) is 9.00. The van der Waals surface area contributed by atoms with E-state index in [0.29, 0.717) is 24.3 Å². The quantitative estimate of drug-likeness (QED) is 0.141. The van der Waals surface area contributed by atoms with E-state index in [1.54, 1.807) is 0 Å². The van der Waals surface area contributed by atoms with Crippen molar-refractivity contribution >= 4 is 21.0 Å². The molecule has 0 unspecified atom stereocenters. The summed E-state index contributed by atoms with van der Waals surface area (Å²) in [6.45, 7) is 18.6. The van der Waals surface area contributed by atoms with Crippen molar-refractivity contribution < 1.29 is 40.4 Å². The number of ether oxygens (including phenoxy) is 3. The van der Waals surface area contributed by atoms with Crippen LogP contribution in [-0.4, -0.2) is 29.8 Å². The molecule has 0 saturated carbocycles. The molecule has 0 fully saturated rings. The molecule has 48 heavy (non-hydrogen) atoms. The van der Waals surface area contributed by atoms with Crippen LogP contribution in [0.15, 0.2) is 117 Å². The lowest BCUT2D eigenvalue weighted by atomic mass is 10.2. The lowest BCUT2D eigenvalue weighted by Crippen LogP contribution is -2.23. The molecule has 0 spiro atoms. The van der Waals surface area contributed by atoms with Gasteiger partial charge >= 0.3 is 6.18 Å². The van der Waals surface area contributed by atoms with Crippen LogP contribution in [-0.2, 0) is 27.2 Å². The van der Waals surface area contributed by atoms with E-state index in [2.05, 4.69) is 135 Å². The van der Waals surface area contributed by atoms with E-state index in [9.17, 15) is 26.1 Å². The van der Waals surface area contributed by atoms with Crippen LogP contribution in [0.25, 0.3) is 0 Å². The van der Waals surface area contributed by atoms with Crippen LogP contribution < -0.4 is 14.2 Å². The summed E-state index contributed by atoms with van der Waals surface area (Å²) in [5, 5.41) is 0. The van der Waals surface area contributed by atoms with Gasteiger partial charge in [0.2, 0.25) is 0 Å². The SMILES string of the molecule is CC(C)(C)Oc1ccc([S+](c2ccc(OC(C)(C)C)cc2)c2ccc(OC(C)(C)C)cc2)cc1.O=S(=O)([O-])c1ccc(C(F)(F)F)cc1. The first-order valence-corrected chi connectivity index (χ1v) is 17.8. The van der Waals surface area contributed by atoms with E-state index in [4.69, 9.17) is 14.2 Å². The fourth-order valence-electron chi connectivity index (χ4n) is 4.21. The maximum absolute atomic E-state index is 12.0. The fourth-order valence-corrected chi connectivity index (χ4v) is 6.72. The van der Waals surface area contributed by atoms with Gasteiger partial charge in [-0.15, -0.1) is 0 Å². The van der Waals surface area contributed by atoms with Crippen LogP contribution in [0.3, 0.4) is 0 Å². The number of halogens is 3. The lowest BCUT2D eigenvalue weighted by molar-refractivity contribution is -0.137. The van der Waals surface area contributed by atoms with Crippen molar-refractivity contribution in [2.45, 2.75) is 105 Å². The molecule has 0 atom stereocenters. The van der Waals surface area contributed by atoms with Crippen molar-refractivity contribution in [3.63, 3.8) is 0 Å². The number of benzene rings is 4. The average molecular weight is 705 g/mol. The Bertz CT molecular complexity index is 1570. The van der Waals surface area contributed by atoms with Crippen molar-refractivity contribution in [2.75, 3.05) is 0 Å². The first-order chi connectivity index (χ1) is 21.9. The van der Waals surface area contributed by atoms with Gasteiger partial charge in [-0.2, -0.15) is 13.2 Å². The summed E-state index contributed by atoms with van der Waals surface area (Å²) in [4.78, 5) is 3.02. The Kier molecular flexibility index (Phi) is 12.0. The Hall–Kier alpha value is -3.67. The minimum absolute atomic E-state index is 0.227. The third-order valence-electron chi connectivity index (χ3n) is 5.92. The van der Waals surface area contributed by atoms with E-state index < -0.39 is 26.8 Å². The largest absolute Gasteiger partial charge is 0.744 e. The smallest absolute Gasteiger partial charge is 0.416 e. The van der Waals surface area contributed by atoms with E-state index in [1.807, 2.05) is 0 Å². The highest BCUT2D eigenvalue weighted by Gasteiger charge is 2.31. The predicted molar refractivity (Wildman–Crippen MR) is 182 cm³/mol. The molecule has 0 bridgehead atoms. The Morgan fingerprint density at radius 2 is 0.771 bits per heavy atom. The van der Waals surface area contributed by atoms with Crippen molar-refractivity contribution in [1.82, 2.24) is 0 Å². The highest BCUT2D eigenvalue weighted by Crippen LogP contribution is 2.35. The summed E-state index contributed by atoms with van der Waals surface area (Å²) in [6.07, 6.45) is -4.54. The second-order valence-electron chi connectivity index (χ2n) is 13.8. The molecule has 4 aromatic rings. The van der Waals surface area contributed by atoms with E-state index in [-0.39, 0.29) is 27.7 Å². The summed E-state index contributed by atoms with van der Waals surface area (Å²) in [7, 11) is -4.96. The summed E-state index contributed by atoms with van der Waals surface area (Å²) in [5.41, 5.74) is -1.68. The lowest BCUT2D eigenvalue weighted by Gasteiger charge is -2.22. The summed E-state index contributed by atoms with van der Waals surface area (Å²) in [6, 6.07) is 27.8. The van der Waals surface area contributed by atoms with Crippen LogP contribution in [0.2, 0.25) is 0 Å². The Labute approximate surface area is 285 Å². The standard InChI is InChI=1S/C30H39O3S.C7H5F3O3S/c1-28(2,3)31-22-10-16-25(17-11-22)34(26-18-12-23(13-19-26)32-29(4,5)6)27-20-14-24(15-21-27)33-30(7,8)9;8-7(9,10)5-1-3-6(4-2-5)14(11,12)13/h10-21H,1-9H3;1-4H,(H,11,12,13)/q+1;/p-1. The Morgan fingerprint density at radius 3 is 0.979 bits per heavy atom. The molecular weight excluding hydrogens is 662 g/mol.